The zero-order chi connectivity index (χ0) is 14.5. The van der Waals surface area contributed by atoms with E-state index in [0.29, 0.717) is 6.04 Å². The highest BCUT2D eigenvalue weighted by Gasteiger charge is 2.20. The Labute approximate surface area is 123 Å². The molecule has 0 radical (unpaired) electrons. The summed E-state index contributed by atoms with van der Waals surface area (Å²) < 4.78 is 0. The monoisotopic (exact) mass is 276 g/mol. The second kappa shape index (κ2) is 6.93. The van der Waals surface area contributed by atoms with Gasteiger partial charge in [0.15, 0.2) is 5.82 Å². The average molecular weight is 276 g/mol. The molecule has 2 heterocycles. The Bertz CT molecular complexity index is 409. The number of hydrogen-bond acceptors (Lipinski definition) is 4. The van der Waals surface area contributed by atoms with E-state index in [4.69, 9.17) is 0 Å². The topological polar surface area (TPSA) is 31.4 Å². The summed E-state index contributed by atoms with van der Waals surface area (Å²) in [5.41, 5.74) is 1.15. The summed E-state index contributed by atoms with van der Waals surface area (Å²) >= 11 is 0. The van der Waals surface area contributed by atoms with Crippen molar-refractivity contribution < 1.29 is 0 Å². The molecule has 2 rings (SSSR count). The molecule has 0 saturated carbocycles. The fourth-order valence-corrected chi connectivity index (χ4v) is 2.86. The summed E-state index contributed by atoms with van der Waals surface area (Å²) in [5.74, 6) is 1.79. The van der Waals surface area contributed by atoms with Crippen molar-refractivity contribution in [3.8, 4) is 0 Å². The Morgan fingerprint density at radius 3 is 2.65 bits per heavy atom. The van der Waals surface area contributed by atoms with Crippen molar-refractivity contribution >= 4 is 11.5 Å². The Hall–Kier alpha value is -1.29. The number of piperidine rings is 1. The Kier molecular flexibility index (Phi) is 5.24. The molecule has 0 unspecified atom stereocenters. The van der Waals surface area contributed by atoms with E-state index in [1.54, 1.807) is 0 Å². The van der Waals surface area contributed by atoms with Gasteiger partial charge in [-0.05, 0) is 30.9 Å². The van der Waals surface area contributed by atoms with Crippen LogP contribution in [0.5, 0.6) is 0 Å². The van der Waals surface area contributed by atoms with Crippen LogP contribution in [-0.2, 0) is 0 Å². The zero-order valence-corrected chi connectivity index (χ0v) is 13.3. The molecular weight excluding hydrogens is 248 g/mol. The molecule has 1 aromatic rings. The van der Waals surface area contributed by atoms with Gasteiger partial charge in [-0.2, -0.15) is 0 Å². The van der Waals surface area contributed by atoms with Crippen molar-refractivity contribution in [3.63, 3.8) is 0 Å². The van der Waals surface area contributed by atoms with E-state index in [-0.39, 0.29) is 0 Å². The first-order valence-corrected chi connectivity index (χ1v) is 7.67. The minimum atomic E-state index is 0.571. The molecule has 0 aromatic carbocycles. The summed E-state index contributed by atoms with van der Waals surface area (Å²) in [6.45, 7) is 8.22. The molecule has 0 amide bonds. The normalized spacial score (nSPS) is 17.4. The number of anilines is 2. The highest BCUT2D eigenvalue weighted by atomic mass is 15.2. The first-order valence-electron chi connectivity index (χ1n) is 7.67. The third kappa shape index (κ3) is 4.10. The van der Waals surface area contributed by atoms with Crippen molar-refractivity contribution in [2.24, 2.45) is 5.92 Å². The molecule has 1 N–H and O–H groups in total. The van der Waals surface area contributed by atoms with Crippen LogP contribution in [0.3, 0.4) is 0 Å². The van der Waals surface area contributed by atoms with E-state index in [1.165, 1.54) is 32.5 Å². The average Bonchev–Trinajstić information content (AvgIpc) is 2.41. The third-order valence-corrected chi connectivity index (χ3v) is 3.78. The number of rotatable bonds is 5. The van der Waals surface area contributed by atoms with Gasteiger partial charge in [0.1, 0.15) is 0 Å². The number of aromatic nitrogens is 1. The number of hydrogen-bond donors (Lipinski definition) is 1. The van der Waals surface area contributed by atoms with Crippen molar-refractivity contribution in [2.75, 3.05) is 43.9 Å². The molecule has 1 aliphatic rings. The van der Waals surface area contributed by atoms with E-state index < -0.39 is 0 Å². The number of nitrogens with zero attached hydrogens (tertiary/aromatic N) is 3. The molecule has 0 atom stereocenters. The van der Waals surface area contributed by atoms with Gasteiger partial charge >= 0.3 is 0 Å². The van der Waals surface area contributed by atoms with Crippen LogP contribution in [0.25, 0.3) is 0 Å². The second-order valence-electron chi connectivity index (χ2n) is 6.38. The lowest BCUT2D eigenvalue weighted by Gasteiger charge is -2.34. The van der Waals surface area contributed by atoms with Crippen LogP contribution in [0.1, 0.15) is 26.7 Å². The van der Waals surface area contributed by atoms with Gasteiger partial charge in [-0.15, -0.1) is 0 Å². The van der Waals surface area contributed by atoms with Gasteiger partial charge in [-0.25, -0.2) is 4.98 Å². The van der Waals surface area contributed by atoms with E-state index in [1.807, 2.05) is 26.4 Å². The van der Waals surface area contributed by atoms with Crippen LogP contribution in [-0.4, -0.2) is 49.7 Å². The molecule has 1 aliphatic heterocycles. The van der Waals surface area contributed by atoms with Gasteiger partial charge < -0.3 is 15.1 Å². The smallest absolute Gasteiger partial charge is 0.151 e. The van der Waals surface area contributed by atoms with Crippen LogP contribution in [0.2, 0.25) is 0 Å². The summed E-state index contributed by atoms with van der Waals surface area (Å²) in [4.78, 5) is 9.10. The van der Waals surface area contributed by atoms with Crippen molar-refractivity contribution in [2.45, 2.75) is 32.7 Å². The Morgan fingerprint density at radius 2 is 2.05 bits per heavy atom. The number of likely N-dealkylation sites (tertiary alicyclic amines) is 1. The first-order chi connectivity index (χ1) is 9.56. The highest BCUT2D eigenvalue weighted by molar-refractivity contribution is 5.65. The van der Waals surface area contributed by atoms with Gasteiger partial charge in [0.2, 0.25) is 0 Å². The van der Waals surface area contributed by atoms with Crippen LogP contribution in [0, 0.1) is 5.92 Å². The molecular formula is C16H28N4. The number of pyridine rings is 1. The molecule has 0 spiro atoms. The van der Waals surface area contributed by atoms with E-state index in [2.05, 4.69) is 40.0 Å². The molecule has 1 saturated heterocycles. The van der Waals surface area contributed by atoms with Crippen molar-refractivity contribution in [1.29, 1.82) is 0 Å². The third-order valence-electron chi connectivity index (χ3n) is 3.78. The minimum Gasteiger partial charge on any atom is -0.379 e. The lowest BCUT2D eigenvalue weighted by atomic mass is 10.0. The summed E-state index contributed by atoms with van der Waals surface area (Å²) in [6, 6.07) is 4.70. The van der Waals surface area contributed by atoms with Gasteiger partial charge in [0.25, 0.3) is 0 Å². The fraction of sp³-hybridized carbons (Fsp3) is 0.688. The molecule has 1 fully saturated rings. The largest absolute Gasteiger partial charge is 0.379 e. The minimum absolute atomic E-state index is 0.571. The first kappa shape index (κ1) is 15.1. The predicted octanol–water partition coefficient (Wildman–Crippen LogP) is 2.68. The van der Waals surface area contributed by atoms with Crippen molar-refractivity contribution in [3.05, 3.63) is 18.3 Å². The summed E-state index contributed by atoms with van der Waals surface area (Å²) in [5, 5.41) is 3.67. The Balaban J connectivity index is 1.90. The lowest BCUT2D eigenvalue weighted by Crippen LogP contribution is -2.40. The molecule has 0 aliphatic carbocycles. The molecule has 20 heavy (non-hydrogen) atoms. The lowest BCUT2D eigenvalue weighted by molar-refractivity contribution is 0.198. The second-order valence-corrected chi connectivity index (χ2v) is 6.38. The summed E-state index contributed by atoms with van der Waals surface area (Å²) in [6.07, 6.45) is 4.29. The fourth-order valence-electron chi connectivity index (χ4n) is 2.86. The van der Waals surface area contributed by atoms with E-state index in [9.17, 15) is 0 Å². The van der Waals surface area contributed by atoms with Crippen molar-refractivity contribution in [1.82, 2.24) is 9.88 Å². The van der Waals surface area contributed by atoms with Crippen LogP contribution in [0.15, 0.2) is 18.3 Å². The molecule has 4 nitrogen and oxygen atoms in total. The maximum atomic E-state index is 4.45. The SMILES string of the molecule is CC(C)CN1CCC(Nc2cccnc2N(C)C)CC1. The molecule has 112 valence electrons. The maximum Gasteiger partial charge on any atom is 0.151 e. The van der Waals surface area contributed by atoms with E-state index in [0.717, 1.165) is 17.4 Å². The van der Waals surface area contributed by atoms with Crippen LogP contribution in [0.4, 0.5) is 11.5 Å². The van der Waals surface area contributed by atoms with Gasteiger partial charge in [-0.1, -0.05) is 13.8 Å². The molecule has 4 heteroatoms. The number of nitrogens with one attached hydrogen (secondary N) is 1. The highest BCUT2D eigenvalue weighted by Crippen LogP contribution is 2.24. The molecule has 1 aromatic heterocycles. The molecule has 0 bridgehead atoms. The standard InChI is InChI=1S/C16H28N4/c1-13(2)12-20-10-7-14(8-11-20)18-15-6-5-9-17-16(15)19(3)4/h5-6,9,13-14,18H,7-8,10-12H2,1-4H3. The maximum absolute atomic E-state index is 4.45. The van der Waals surface area contributed by atoms with Crippen LogP contribution < -0.4 is 10.2 Å². The Morgan fingerprint density at radius 1 is 1.35 bits per heavy atom. The van der Waals surface area contributed by atoms with E-state index >= 15 is 0 Å². The van der Waals surface area contributed by atoms with Gasteiger partial charge in [-0.3, -0.25) is 0 Å². The summed E-state index contributed by atoms with van der Waals surface area (Å²) in [7, 11) is 4.08. The van der Waals surface area contributed by atoms with Crippen LogP contribution >= 0.6 is 0 Å². The van der Waals surface area contributed by atoms with Gasteiger partial charge in [0, 0.05) is 46.0 Å². The predicted molar refractivity (Wildman–Crippen MR) is 86.5 cm³/mol. The quantitative estimate of drug-likeness (QED) is 0.896. The zero-order valence-electron chi connectivity index (χ0n) is 13.3. The van der Waals surface area contributed by atoms with Gasteiger partial charge in [0.05, 0.1) is 5.69 Å².